The minimum atomic E-state index is -0.373. The maximum absolute atomic E-state index is 12.2. The predicted molar refractivity (Wildman–Crippen MR) is 91.8 cm³/mol. The Morgan fingerprint density at radius 2 is 1.67 bits per heavy atom. The van der Waals surface area contributed by atoms with E-state index in [-0.39, 0.29) is 24.0 Å². The van der Waals surface area contributed by atoms with Gasteiger partial charge in [-0.2, -0.15) is 0 Å². The molecule has 0 aromatic heterocycles. The van der Waals surface area contributed by atoms with Crippen molar-refractivity contribution < 1.29 is 14.6 Å². The highest BCUT2D eigenvalue weighted by Crippen LogP contribution is 2.44. The molecule has 4 heteroatoms. The second-order valence-electron chi connectivity index (χ2n) is 6.71. The van der Waals surface area contributed by atoms with Crippen LogP contribution in [0.4, 0.5) is 4.79 Å². The monoisotopic (exact) mass is 323 g/mol. The number of nitrogens with zero attached hydrogens (tertiary/aromatic N) is 1. The molecule has 0 spiro atoms. The third kappa shape index (κ3) is 2.47. The molecule has 1 heterocycles. The SMILES string of the molecule is CC(O)C1CN(C(=O)OCC2c3ccccc3-c3ccccc32)C1. The van der Waals surface area contributed by atoms with Crippen molar-refractivity contribution in [2.75, 3.05) is 19.7 Å². The molecule has 1 fully saturated rings. The van der Waals surface area contributed by atoms with E-state index in [1.807, 2.05) is 24.3 Å². The fourth-order valence-electron chi connectivity index (χ4n) is 3.65. The van der Waals surface area contributed by atoms with Crippen LogP contribution in [0.2, 0.25) is 0 Å². The lowest BCUT2D eigenvalue weighted by Crippen LogP contribution is -2.54. The summed E-state index contributed by atoms with van der Waals surface area (Å²) < 4.78 is 5.58. The molecule has 1 N–H and O–H groups in total. The van der Waals surface area contributed by atoms with Gasteiger partial charge in [0.25, 0.3) is 0 Å². The van der Waals surface area contributed by atoms with Crippen molar-refractivity contribution in [1.82, 2.24) is 4.90 Å². The zero-order valence-electron chi connectivity index (χ0n) is 13.7. The molecule has 1 saturated heterocycles. The minimum Gasteiger partial charge on any atom is -0.448 e. The van der Waals surface area contributed by atoms with Crippen LogP contribution in [-0.2, 0) is 4.74 Å². The van der Waals surface area contributed by atoms with Crippen LogP contribution in [0.1, 0.15) is 24.0 Å². The lowest BCUT2D eigenvalue weighted by Gasteiger charge is -2.39. The van der Waals surface area contributed by atoms with Gasteiger partial charge in [-0.25, -0.2) is 4.79 Å². The van der Waals surface area contributed by atoms with E-state index in [0.29, 0.717) is 19.7 Å². The van der Waals surface area contributed by atoms with Gasteiger partial charge in [0.15, 0.2) is 0 Å². The van der Waals surface area contributed by atoms with Crippen LogP contribution in [0.5, 0.6) is 0 Å². The fraction of sp³-hybridized carbons (Fsp3) is 0.350. The van der Waals surface area contributed by atoms with E-state index in [2.05, 4.69) is 24.3 Å². The van der Waals surface area contributed by atoms with E-state index in [4.69, 9.17) is 4.74 Å². The van der Waals surface area contributed by atoms with Gasteiger partial charge in [-0.1, -0.05) is 48.5 Å². The van der Waals surface area contributed by atoms with Gasteiger partial charge in [0.2, 0.25) is 0 Å². The molecule has 0 radical (unpaired) electrons. The molecule has 24 heavy (non-hydrogen) atoms. The Hall–Kier alpha value is -2.33. The molecule has 4 rings (SSSR count). The maximum atomic E-state index is 12.2. The Bertz CT molecular complexity index is 719. The number of hydrogen-bond acceptors (Lipinski definition) is 3. The van der Waals surface area contributed by atoms with Crippen LogP contribution in [0.3, 0.4) is 0 Å². The van der Waals surface area contributed by atoms with Gasteiger partial charge >= 0.3 is 6.09 Å². The second-order valence-corrected chi connectivity index (χ2v) is 6.71. The summed E-state index contributed by atoms with van der Waals surface area (Å²) in [6, 6.07) is 16.6. The fourth-order valence-corrected chi connectivity index (χ4v) is 3.65. The van der Waals surface area contributed by atoms with Crippen LogP contribution in [-0.4, -0.2) is 41.9 Å². The number of rotatable bonds is 3. The molecule has 4 nitrogen and oxygen atoms in total. The average Bonchev–Trinajstić information content (AvgIpc) is 2.85. The van der Waals surface area contributed by atoms with Gasteiger partial charge in [0, 0.05) is 24.9 Å². The van der Waals surface area contributed by atoms with Crippen molar-refractivity contribution in [1.29, 1.82) is 0 Å². The summed E-state index contributed by atoms with van der Waals surface area (Å²) in [6.45, 7) is 3.27. The van der Waals surface area contributed by atoms with E-state index in [1.165, 1.54) is 22.3 Å². The van der Waals surface area contributed by atoms with Crippen molar-refractivity contribution in [3.8, 4) is 11.1 Å². The smallest absolute Gasteiger partial charge is 0.409 e. The van der Waals surface area contributed by atoms with Crippen molar-refractivity contribution in [3.63, 3.8) is 0 Å². The Balaban J connectivity index is 1.47. The lowest BCUT2D eigenvalue weighted by molar-refractivity contribution is 0.00127. The Kier molecular flexibility index (Phi) is 3.77. The Morgan fingerprint density at radius 3 is 2.21 bits per heavy atom. The van der Waals surface area contributed by atoms with Gasteiger partial charge in [-0.3, -0.25) is 0 Å². The van der Waals surface area contributed by atoms with Crippen LogP contribution in [0.15, 0.2) is 48.5 Å². The molecule has 1 atom stereocenters. The van der Waals surface area contributed by atoms with Gasteiger partial charge in [-0.15, -0.1) is 0 Å². The van der Waals surface area contributed by atoms with E-state index in [0.717, 1.165) is 0 Å². The van der Waals surface area contributed by atoms with Crippen LogP contribution in [0, 0.1) is 5.92 Å². The first-order valence-electron chi connectivity index (χ1n) is 8.43. The Morgan fingerprint density at radius 1 is 1.12 bits per heavy atom. The van der Waals surface area contributed by atoms with Gasteiger partial charge in [0.1, 0.15) is 6.61 Å². The molecular formula is C20H21NO3. The molecule has 2 aromatic rings. The third-order valence-corrected chi connectivity index (χ3v) is 5.19. The number of amides is 1. The Labute approximate surface area is 141 Å². The zero-order valence-corrected chi connectivity index (χ0v) is 13.7. The number of fused-ring (bicyclic) bond motifs is 3. The summed E-state index contributed by atoms with van der Waals surface area (Å²) in [5.41, 5.74) is 4.90. The highest BCUT2D eigenvalue weighted by atomic mass is 16.6. The zero-order chi connectivity index (χ0) is 16.7. The molecule has 1 amide bonds. The highest BCUT2D eigenvalue weighted by molar-refractivity contribution is 5.79. The van der Waals surface area contributed by atoms with Crippen molar-refractivity contribution in [2.45, 2.75) is 18.9 Å². The van der Waals surface area contributed by atoms with Crippen LogP contribution < -0.4 is 0 Å². The molecule has 1 unspecified atom stereocenters. The van der Waals surface area contributed by atoms with E-state index < -0.39 is 0 Å². The maximum Gasteiger partial charge on any atom is 0.409 e. The first kappa shape index (κ1) is 15.2. The minimum absolute atomic E-state index is 0.0928. The number of carbonyl (C=O) groups excluding carboxylic acids is 1. The van der Waals surface area contributed by atoms with Gasteiger partial charge < -0.3 is 14.7 Å². The molecule has 2 aliphatic rings. The van der Waals surface area contributed by atoms with E-state index in [1.54, 1.807) is 11.8 Å². The molecule has 124 valence electrons. The van der Waals surface area contributed by atoms with Gasteiger partial charge in [0.05, 0.1) is 6.10 Å². The summed E-state index contributed by atoms with van der Waals surface area (Å²) in [4.78, 5) is 13.9. The number of aliphatic hydroxyl groups excluding tert-OH is 1. The van der Waals surface area contributed by atoms with Crippen molar-refractivity contribution in [3.05, 3.63) is 59.7 Å². The molecule has 2 aromatic carbocycles. The van der Waals surface area contributed by atoms with E-state index in [9.17, 15) is 9.90 Å². The standard InChI is InChI=1S/C20H21NO3/c1-13(22)14-10-21(11-14)20(23)24-12-19-17-8-4-2-6-15(17)16-7-3-5-9-18(16)19/h2-9,13-14,19,22H,10-12H2,1H3. The second kappa shape index (κ2) is 5.95. The summed E-state index contributed by atoms with van der Waals surface area (Å²) in [6.07, 6.45) is -0.656. The average molecular weight is 323 g/mol. The number of likely N-dealkylation sites (tertiary alicyclic amines) is 1. The third-order valence-electron chi connectivity index (χ3n) is 5.19. The van der Waals surface area contributed by atoms with Crippen molar-refractivity contribution in [2.24, 2.45) is 5.92 Å². The van der Waals surface area contributed by atoms with Crippen LogP contribution >= 0.6 is 0 Å². The predicted octanol–water partition coefficient (Wildman–Crippen LogP) is 3.25. The quantitative estimate of drug-likeness (QED) is 0.943. The molecule has 1 aliphatic carbocycles. The molecule has 0 bridgehead atoms. The molecular weight excluding hydrogens is 302 g/mol. The van der Waals surface area contributed by atoms with Crippen LogP contribution in [0.25, 0.3) is 11.1 Å². The molecule has 1 aliphatic heterocycles. The first-order valence-corrected chi connectivity index (χ1v) is 8.43. The number of hydrogen-bond donors (Lipinski definition) is 1. The number of benzene rings is 2. The number of carbonyl (C=O) groups is 1. The summed E-state index contributed by atoms with van der Waals surface area (Å²) in [5, 5.41) is 9.51. The topological polar surface area (TPSA) is 49.8 Å². The summed E-state index contributed by atoms with van der Waals surface area (Å²) in [5.74, 6) is 0.265. The normalized spacial score (nSPS) is 17.8. The van der Waals surface area contributed by atoms with Gasteiger partial charge in [-0.05, 0) is 29.2 Å². The largest absolute Gasteiger partial charge is 0.448 e. The summed E-state index contributed by atoms with van der Waals surface area (Å²) >= 11 is 0. The highest BCUT2D eigenvalue weighted by Gasteiger charge is 2.35. The number of ether oxygens (including phenoxy) is 1. The first-order chi connectivity index (χ1) is 11.6. The lowest BCUT2D eigenvalue weighted by atomic mass is 9.95. The summed E-state index contributed by atoms with van der Waals surface area (Å²) in [7, 11) is 0. The molecule has 0 saturated carbocycles. The number of aliphatic hydroxyl groups is 1. The van der Waals surface area contributed by atoms with E-state index >= 15 is 0 Å². The van der Waals surface area contributed by atoms with Crippen molar-refractivity contribution >= 4 is 6.09 Å².